The molecule has 0 unspecified atom stereocenters. The SMILES string of the molecule is CCN(CC)S(=O)(=O)c1ccc2c(c1)CCN2C(=O)CCn1ccccc1=O. The molecule has 150 valence electrons. The third-order valence-corrected chi connectivity index (χ3v) is 7.10. The highest BCUT2D eigenvalue weighted by Crippen LogP contribution is 2.31. The maximum absolute atomic E-state index is 12.7. The maximum Gasteiger partial charge on any atom is 0.250 e. The largest absolute Gasteiger partial charge is 0.315 e. The molecule has 0 bridgehead atoms. The second-order valence-corrected chi connectivity index (χ2v) is 8.60. The molecule has 3 rings (SSSR count). The van der Waals surface area contributed by atoms with Crippen molar-refractivity contribution < 1.29 is 13.2 Å². The van der Waals surface area contributed by atoms with Gasteiger partial charge in [0.1, 0.15) is 0 Å². The zero-order chi connectivity index (χ0) is 20.3. The summed E-state index contributed by atoms with van der Waals surface area (Å²) in [7, 11) is -3.52. The Labute approximate surface area is 165 Å². The Balaban J connectivity index is 1.76. The normalized spacial score (nSPS) is 13.8. The Morgan fingerprint density at radius 1 is 1.14 bits per heavy atom. The van der Waals surface area contributed by atoms with Gasteiger partial charge >= 0.3 is 0 Å². The minimum absolute atomic E-state index is 0.0751. The van der Waals surface area contributed by atoms with Crippen LogP contribution in [0.2, 0.25) is 0 Å². The van der Waals surface area contributed by atoms with E-state index in [0.717, 1.165) is 11.3 Å². The smallest absolute Gasteiger partial charge is 0.250 e. The van der Waals surface area contributed by atoms with E-state index in [1.807, 2.05) is 13.8 Å². The average molecular weight is 404 g/mol. The van der Waals surface area contributed by atoms with E-state index >= 15 is 0 Å². The van der Waals surface area contributed by atoms with Crippen LogP contribution in [-0.2, 0) is 27.8 Å². The molecule has 0 atom stereocenters. The molecule has 2 aromatic rings. The standard InChI is InChI=1S/C20H25N3O4S/c1-3-22(4-2)28(26,27)17-8-9-18-16(15-17)10-14-23(18)20(25)11-13-21-12-6-5-7-19(21)24/h5-9,12,15H,3-4,10-11,13-14H2,1-2H3. The van der Waals surface area contributed by atoms with E-state index < -0.39 is 10.0 Å². The van der Waals surface area contributed by atoms with Crippen LogP contribution in [0.15, 0.2) is 52.3 Å². The van der Waals surface area contributed by atoms with Crippen LogP contribution in [0.4, 0.5) is 5.69 Å². The summed E-state index contributed by atoms with van der Waals surface area (Å²) >= 11 is 0. The van der Waals surface area contributed by atoms with Crippen molar-refractivity contribution in [3.63, 3.8) is 0 Å². The topological polar surface area (TPSA) is 79.7 Å². The third kappa shape index (κ3) is 3.88. The lowest BCUT2D eigenvalue weighted by atomic mass is 10.2. The maximum atomic E-state index is 12.7. The van der Waals surface area contributed by atoms with Crippen molar-refractivity contribution in [2.45, 2.75) is 38.1 Å². The monoisotopic (exact) mass is 403 g/mol. The van der Waals surface area contributed by atoms with Crippen LogP contribution in [0.25, 0.3) is 0 Å². The van der Waals surface area contributed by atoms with Gasteiger partial charge in [0.15, 0.2) is 0 Å². The number of carbonyl (C=O) groups is 1. The van der Waals surface area contributed by atoms with Gasteiger partial charge in [-0.25, -0.2) is 8.42 Å². The number of hydrogen-bond acceptors (Lipinski definition) is 4. The molecule has 0 N–H and O–H groups in total. The van der Waals surface area contributed by atoms with E-state index in [-0.39, 0.29) is 22.8 Å². The van der Waals surface area contributed by atoms with E-state index in [9.17, 15) is 18.0 Å². The van der Waals surface area contributed by atoms with Gasteiger partial charge in [-0.05, 0) is 36.2 Å². The molecule has 1 aliphatic rings. The van der Waals surface area contributed by atoms with Gasteiger partial charge in [-0.15, -0.1) is 0 Å². The van der Waals surface area contributed by atoms with Gasteiger partial charge in [0.25, 0.3) is 5.56 Å². The zero-order valence-electron chi connectivity index (χ0n) is 16.2. The number of pyridine rings is 1. The first-order chi connectivity index (χ1) is 13.4. The van der Waals surface area contributed by atoms with Crippen molar-refractivity contribution in [3.05, 3.63) is 58.5 Å². The molecule has 1 aromatic heterocycles. The number of aryl methyl sites for hydroxylation is 1. The molecule has 8 heteroatoms. The molecular formula is C20H25N3O4S. The van der Waals surface area contributed by atoms with Gasteiger partial charge in [0, 0.05) is 50.6 Å². The van der Waals surface area contributed by atoms with Crippen molar-refractivity contribution in [3.8, 4) is 0 Å². The van der Waals surface area contributed by atoms with Gasteiger partial charge in [-0.3, -0.25) is 9.59 Å². The highest BCUT2D eigenvalue weighted by atomic mass is 32.2. The van der Waals surface area contributed by atoms with Crippen molar-refractivity contribution in [2.75, 3.05) is 24.5 Å². The molecule has 7 nitrogen and oxygen atoms in total. The molecule has 0 radical (unpaired) electrons. The summed E-state index contributed by atoms with van der Waals surface area (Å²) in [5, 5.41) is 0. The van der Waals surface area contributed by atoms with Crippen LogP contribution in [0.3, 0.4) is 0 Å². The third-order valence-electron chi connectivity index (χ3n) is 5.06. The summed E-state index contributed by atoms with van der Waals surface area (Å²) in [5.74, 6) is -0.0751. The van der Waals surface area contributed by atoms with Gasteiger partial charge in [-0.1, -0.05) is 19.9 Å². The van der Waals surface area contributed by atoms with Crippen LogP contribution < -0.4 is 10.5 Å². The summed E-state index contributed by atoms with van der Waals surface area (Å²) < 4.78 is 28.4. The first kappa shape index (κ1) is 20.3. The van der Waals surface area contributed by atoms with Crippen molar-refractivity contribution in [2.24, 2.45) is 0 Å². The predicted octanol–water partition coefficient (Wildman–Crippen LogP) is 1.86. The summed E-state index contributed by atoms with van der Waals surface area (Å²) in [5.41, 5.74) is 1.48. The quantitative estimate of drug-likeness (QED) is 0.707. The Hall–Kier alpha value is -2.45. The first-order valence-electron chi connectivity index (χ1n) is 9.47. The fourth-order valence-electron chi connectivity index (χ4n) is 3.51. The Morgan fingerprint density at radius 3 is 2.57 bits per heavy atom. The number of fused-ring (bicyclic) bond motifs is 1. The van der Waals surface area contributed by atoms with Gasteiger partial charge in [0.05, 0.1) is 4.90 Å². The minimum atomic E-state index is -3.52. The van der Waals surface area contributed by atoms with Crippen LogP contribution >= 0.6 is 0 Å². The highest BCUT2D eigenvalue weighted by molar-refractivity contribution is 7.89. The lowest BCUT2D eigenvalue weighted by Gasteiger charge is -2.20. The van der Waals surface area contributed by atoms with Crippen LogP contribution in [0, 0.1) is 0 Å². The molecule has 0 saturated heterocycles. The van der Waals surface area contributed by atoms with E-state index in [1.54, 1.807) is 41.4 Å². The molecule has 0 saturated carbocycles. The number of sulfonamides is 1. The molecule has 1 aromatic carbocycles. The summed E-state index contributed by atoms with van der Waals surface area (Å²) in [6.45, 7) is 5.30. The first-order valence-corrected chi connectivity index (χ1v) is 10.9. The molecule has 1 amide bonds. The number of nitrogens with zero attached hydrogens (tertiary/aromatic N) is 3. The van der Waals surface area contributed by atoms with Gasteiger partial charge in [-0.2, -0.15) is 4.31 Å². The lowest BCUT2D eigenvalue weighted by Crippen LogP contribution is -2.31. The van der Waals surface area contributed by atoms with Gasteiger partial charge < -0.3 is 9.47 Å². The lowest BCUT2D eigenvalue weighted by molar-refractivity contribution is -0.118. The number of anilines is 1. The predicted molar refractivity (Wildman–Crippen MR) is 108 cm³/mol. The number of rotatable bonds is 7. The molecule has 1 aliphatic heterocycles. The fourth-order valence-corrected chi connectivity index (χ4v) is 5.02. The number of carbonyl (C=O) groups excluding carboxylic acids is 1. The summed E-state index contributed by atoms with van der Waals surface area (Å²) in [4.78, 5) is 26.4. The minimum Gasteiger partial charge on any atom is -0.315 e. The Kier molecular flexibility index (Phi) is 6.00. The van der Waals surface area contributed by atoms with Crippen molar-refractivity contribution in [1.29, 1.82) is 0 Å². The van der Waals surface area contributed by atoms with Crippen LogP contribution in [-0.4, -0.2) is 42.8 Å². The molecule has 28 heavy (non-hydrogen) atoms. The van der Waals surface area contributed by atoms with Crippen LogP contribution in [0.5, 0.6) is 0 Å². The second kappa shape index (κ2) is 8.28. The van der Waals surface area contributed by atoms with Crippen LogP contribution in [0.1, 0.15) is 25.8 Å². The molecular weight excluding hydrogens is 378 g/mol. The zero-order valence-corrected chi connectivity index (χ0v) is 17.0. The fraction of sp³-hybridized carbons (Fsp3) is 0.400. The number of aromatic nitrogens is 1. The van der Waals surface area contributed by atoms with Gasteiger partial charge in [0.2, 0.25) is 15.9 Å². The van der Waals surface area contributed by atoms with E-state index in [1.165, 1.54) is 14.9 Å². The highest BCUT2D eigenvalue weighted by Gasteiger charge is 2.28. The van der Waals surface area contributed by atoms with Crippen molar-refractivity contribution in [1.82, 2.24) is 8.87 Å². The summed E-state index contributed by atoms with van der Waals surface area (Å²) in [6, 6.07) is 9.85. The number of hydrogen-bond donors (Lipinski definition) is 0. The molecule has 0 spiro atoms. The molecule has 0 aliphatic carbocycles. The van der Waals surface area contributed by atoms with E-state index in [0.29, 0.717) is 32.6 Å². The number of benzene rings is 1. The second-order valence-electron chi connectivity index (χ2n) is 6.66. The molecule has 2 heterocycles. The average Bonchev–Trinajstić information content (AvgIpc) is 3.11. The van der Waals surface area contributed by atoms with E-state index in [2.05, 4.69) is 0 Å². The summed E-state index contributed by atoms with van der Waals surface area (Å²) in [6.07, 6.45) is 2.49. The Morgan fingerprint density at radius 2 is 1.89 bits per heavy atom. The van der Waals surface area contributed by atoms with Crippen molar-refractivity contribution >= 4 is 21.6 Å². The number of amides is 1. The molecule has 0 fully saturated rings. The Bertz CT molecular complexity index is 1030. The van der Waals surface area contributed by atoms with E-state index in [4.69, 9.17) is 0 Å².